The van der Waals surface area contributed by atoms with Gasteiger partial charge >= 0.3 is 0 Å². The van der Waals surface area contributed by atoms with Crippen LogP contribution in [0.3, 0.4) is 0 Å². The summed E-state index contributed by atoms with van der Waals surface area (Å²) >= 11 is 0. The summed E-state index contributed by atoms with van der Waals surface area (Å²) in [5.74, 6) is 0. The molecule has 0 spiro atoms. The molecule has 14 heavy (non-hydrogen) atoms. The van der Waals surface area contributed by atoms with Crippen LogP contribution in [0.2, 0.25) is 0 Å². The zero-order chi connectivity index (χ0) is 10.6. The van der Waals surface area contributed by atoms with Gasteiger partial charge in [0.15, 0.2) is 5.60 Å². The maximum absolute atomic E-state index is 10.9. The summed E-state index contributed by atoms with van der Waals surface area (Å²) in [6, 6.07) is 7.41. The molecule has 1 rings (SSSR count). The van der Waals surface area contributed by atoms with Gasteiger partial charge in [-0.3, -0.25) is 4.79 Å². The Labute approximate surface area is 84.9 Å². The van der Waals surface area contributed by atoms with E-state index in [4.69, 9.17) is 4.74 Å². The van der Waals surface area contributed by atoms with Crippen LogP contribution >= 0.6 is 0 Å². The third-order valence-corrected chi connectivity index (χ3v) is 2.43. The molecule has 0 N–H and O–H groups in total. The molecule has 1 unspecified atom stereocenters. The maximum atomic E-state index is 10.9. The van der Waals surface area contributed by atoms with E-state index in [9.17, 15) is 4.79 Å². The van der Waals surface area contributed by atoms with Gasteiger partial charge < -0.3 is 4.74 Å². The van der Waals surface area contributed by atoms with Crippen molar-refractivity contribution in [3.8, 4) is 0 Å². The van der Waals surface area contributed by atoms with Crippen LogP contribution in [-0.4, -0.2) is 13.4 Å². The second-order valence-electron chi connectivity index (χ2n) is 3.18. The summed E-state index contributed by atoms with van der Waals surface area (Å²) in [4.78, 5) is 10.9. The Morgan fingerprint density at radius 2 is 2.00 bits per heavy atom. The highest BCUT2D eigenvalue weighted by Crippen LogP contribution is 2.26. The summed E-state index contributed by atoms with van der Waals surface area (Å²) < 4.78 is 5.22. The first-order chi connectivity index (χ1) is 6.68. The zero-order valence-corrected chi connectivity index (χ0v) is 8.54. The molecule has 0 aliphatic carbocycles. The molecule has 1 atom stereocenters. The van der Waals surface area contributed by atoms with Crippen LogP contribution in [0.5, 0.6) is 0 Å². The standard InChI is InChI=1S/C12H14O2/c1-4-12(9-13,14-3)11-7-5-10(2)6-8-11/h5-8H,2,4H2,1,3H3. The average Bonchev–Trinajstić information content (AvgIpc) is 2.24. The molecular formula is C12H14O2. The number of rotatable bonds is 4. The van der Waals surface area contributed by atoms with E-state index in [1.54, 1.807) is 0 Å². The molecule has 0 aliphatic heterocycles. The summed E-state index contributed by atoms with van der Waals surface area (Å²) in [5, 5.41) is 0. The predicted molar refractivity (Wildman–Crippen MR) is 55.6 cm³/mol. The fraction of sp³-hybridized carbons (Fsp3) is 0.333. The van der Waals surface area contributed by atoms with Gasteiger partial charge in [-0.2, -0.15) is 0 Å². The van der Waals surface area contributed by atoms with E-state index in [0.717, 1.165) is 11.1 Å². The first kappa shape index (κ1) is 10.9. The highest BCUT2D eigenvalue weighted by molar-refractivity contribution is 5.67. The minimum Gasteiger partial charge on any atom is -0.365 e. The number of benzene rings is 1. The van der Waals surface area contributed by atoms with Crippen molar-refractivity contribution in [1.82, 2.24) is 0 Å². The second-order valence-corrected chi connectivity index (χ2v) is 3.18. The van der Waals surface area contributed by atoms with Crippen molar-refractivity contribution in [2.75, 3.05) is 7.11 Å². The Morgan fingerprint density at radius 1 is 1.43 bits per heavy atom. The van der Waals surface area contributed by atoms with Crippen LogP contribution in [0.25, 0.3) is 0 Å². The Balaban J connectivity index is 3.11. The van der Waals surface area contributed by atoms with E-state index in [0.29, 0.717) is 6.42 Å². The van der Waals surface area contributed by atoms with Crippen molar-refractivity contribution in [1.29, 1.82) is 0 Å². The number of hydrogen-bond acceptors (Lipinski definition) is 2. The van der Waals surface area contributed by atoms with E-state index in [1.165, 1.54) is 7.11 Å². The van der Waals surface area contributed by atoms with E-state index in [-0.39, 0.29) is 0 Å². The zero-order valence-electron chi connectivity index (χ0n) is 8.54. The first-order valence-corrected chi connectivity index (χ1v) is 4.55. The smallest absolute Gasteiger partial charge is 0.238 e. The minimum atomic E-state index is -0.923. The van der Waals surface area contributed by atoms with Crippen LogP contribution in [0.1, 0.15) is 24.5 Å². The molecule has 1 aromatic rings. The molecule has 0 bridgehead atoms. The number of hydrogen-bond donors (Lipinski definition) is 0. The average molecular weight is 190 g/mol. The topological polar surface area (TPSA) is 26.3 Å². The molecule has 2 heteroatoms. The van der Waals surface area contributed by atoms with E-state index >= 15 is 0 Å². The molecule has 0 aliphatic rings. The van der Waals surface area contributed by atoms with Gasteiger partial charge in [-0.05, 0) is 24.5 Å². The minimum absolute atomic E-state index is 0.573. The SMILES string of the molecule is [CH2]c1ccc(C([C]=O)(CC)OC)cc1. The van der Waals surface area contributed by atoms with Gasteiger partial charge in [-0.1, -0.05) is 31.2 Å². The van der Waals surface area contributed by atoms with Gasteiger partial charge in [-0.25, -0.2) is 0 Å². The molecule has 0 heterocycles. The molecule has 0 saturated heterocycles. The third-order valence-electron chi connectivity index (χ3n) is 2.43. The predicted octanol–water partition coefficient (Wildman–Crippen LogP) is 2.23. The normalized spacial score (nSPS) is 14.8. The summed E-state index contributed by atoms with van der Waals surface area (Å²) in [6.45, 7) is 5.68. The lowest BCUT2D eigenvalue weighted by molar-refractivity contribution is 0.0417. The van der Waals surface area contributed by atoms with E-state index < -0.39 is 5.60 Å². The van der Waals surface area contributed by atoms with Gasteiger partial charge in [0.2, 0.25) is 6.29 Å². The summed E-state index contributed by atoms with van der Waals surface area (Å²) in [7, 11) is 1.52. The molecule has 0 aromatic heterocycles. The summed E-state index contributed by atoms with van der Waals surface area (Å²) in [6.07, 6.45) is 2.53. The molecule has 2 nitrogen and oxygen atoms in total. The van der Waals surface area contributed by atoms with Crippen molar-refractivity contribution in [3.05, 3.63) is 42.3 Å². The lowest BCUT2D eigenvalue weighted by Crippen LogP contribution is -2.29. The van der Waals surface area contributed by atoms with Crippen LogP contribution in [0.15, 0.2) is 24.3 Å². The van der Waals surface area contributed by atoms with Crippen LogP contribution in [0.4, 0.5) is 0 Å². The lowest BCUT2D eigenvalue weighted by Gasteiger charge is -2.24. The van der Waals surface area contributed by atoms with Crippen LogP contribution in [-0.2, 0) is 15.1 Å². The first-order valence-electron chi connectivity index (χ1n) is 4.55. The van der Waals surface area contributed by atoms with Crippen molar-refractivity contribution < 1.29 is 9.53 Å². The number of carbonyl (C=O) groups excluding carboxylic acids is 1. The highest BCUT2D eigenvalue weighted by Gasteiger charge is 2.30. The Kier molecular flexibility index (Phi) is 3.42. The third kappa shape index (κ3) is 1.85. The molecule has 0 saturated carbocycles. The quantitative estimate of drug-likeness (QED) is 0.727. The Hall–Kier alpha value is -1.15. The largest absolute Gasteiger partial charge is 0.365 e. The van der Waals surface area contributed by atoms with Gasteiger partial charge in [0.05, 0.1) is 0 Å². The van der Waals surface area contributed by atoms with Gasteiger partial charge in [0.25, 0.3) is 0 Å². The van der Waals surface area contributed by atoms with Crippen LogP contribution in [0, 0.1) is 6.92 Å². The molecule has 0 fully saturated rings. The fourth-order valence-electron chi connectivity index (χ4n) is 1.41. The van der Waals surface area contributed by atoms with Crippen molar-refractivity contribution in [3.63, 3.8) is 0 Å². The van der Waals surface area contributed by atoms with Gasteiger partial charge in [0.1, 0.15) is 0 Å². The van der Waals surface area contributed by atoms with Crippen molar-refractivity contribution >= 4 is 6.29 Å². The Bertz CT molecular complexity index is 297. The summed E-state index contributed by atoms with van der Waals surface area (Å²) in [5.41, 5.74) is 0.818. The monoisotopic (exact) mass is 190 g/mol. The van der Waals surface area contributed by atoms with Crippen LogP contribution < -0.4 is 0 Å². The molecular weight excluding hydrogens is 176 g/mol. The van der Waals surface area contributed by atoms with E-state index in [2.05, 4.69) is 6.92 Å². The Morgan fingerprint density at radius 3 is 2.36 bits per heavy atom. The van der Waals surface area contributed by atoms with Crippen molar-refractivity contribution in [2.24, 2.45) is 0 Å². The van der Waals surface area contributed by atoms with E-state index in [1.807, 2.05) is 37.5 Å². The van der Waals surface area contributed by atoms with Gasteiger partial charge in [-0.15, -0.1) is 0 Å². The fourth-order valence-corrected chi connectivity index (χ4v) is 1.41. The molecule has 74 valence electrons. The van der Waals surface area contributed by atoms with Crippen molar-refractivity contribution in [2.45, 2.75) is 18.9 Å². The van der Waals surface area contributed by atoms with Gasteiger partial charge in [0, 0.05) is 7.11 Å². The lowest BCUT2D eigenvalue weighted by atomic mass is 9.92. The highest BCUT2D eigenvalue weighted by atomic mass is 16.5. The number of methoxy groups -OCH3 is 1. The molecule has 0 amide bonds. The second kappa shape index (κ2) is 4.38. The molecule has 1 aromatic carbocycles. The molecule has 2 radical (unpaired) electrons. The number of ether oxygens (including phenoxy) is 1. The maximum Gasteiger partial charge on any atom is 0.238 e.